The number of aromatic nitrogens is 3. The van der Waals surface area contributed by atoms with E-state index < -0.39 is 0 Å². The molecule has 0 atom stereocenters. The zero-order valence-corrected chi connectivity index (χ0v) is 17.7. The molecule has 0 fully saturated rings. The van der Waals surface area contributed by atoms with Gasteiger partial charge in [0.1, 0.15) is 5.75 Å². The topological polar surface area (TPSA) is 60.2 Å². The maximum Gasteiger partial charge on any atom is 0.239 e. The second kappa shape index (κ2) is 8.67. The van der Waals surface area contributed by atoms with Crippen LogP contribution in [-0.2, 0) is 4.79 Å². The summed E-state index contributed by atoms with van der Waals surface area (Å²) in [5, 5.41) is 1.50. The van der Waals surface area contributed by atoms with Gasteiger partial charge in [-0.25, -0.2) is 9.97 Å². The summed E-state index contributed by atoms with van der Waals surface area (Å²) in [4.78, 5) is 23.7. The molecule has 0 saturated heterocycles. The van der Waals surface area contributed by atoms with E-state index in [4.69, 9.17) is 4.74 Å². The smallest absolute Gasteiger partial charge is 0.239 e. The van der Waals surface area contributed by atoms with E-state index in [9.17, 15) is 4.79 Å². The van der Waals surface area contributed by atoms with Gasteiger partial charge in [-0.15, -0.1) is 0 Å². The summed E-state index contributed by atoms with van der Waals surface area (Å²) in [5.74, 6) is 1.10. The van der Waals surface area contributed by atoms with Gasteiger partial charge in [-0.05, 0) is 43.3 Å². The molecular weight excluding hydrogens is 404 g/mol. The predicted octanol–water partition coefficient (Wildman–Crippen LogP) is 4.64. The Hall–Kier alpha value is -2.84. The number of nitrogens with zero attached hydrogens (tertiary/aromatic N) is 4. The Bertz CT molecular complexity index is 1090. The number of carbonyl (C=O) groups excluding carboxylic acids is 1. The number of hydrogen-bond acceptors (Lipinski definition) is 6. The fourth-order valence-electron chi connectivity index (χ4n) is 2.93. The summed E-state index contributed by atoms with van der Waals surface area (Å²) in [6, 6.07) is 15.7. The summed E-state index contributed by atoms with van der Waals surface area (Å²) < 4.78 is 8.26. The Morgan fingerprint density at radius 2 is 2.00 bits per heavy atom. The van der Waals surface area contributed by atoms with Crippen LogP contribution in [0.15, 0.2) is 66.1 Å². The number of ether oxygens (including phenoxy) is 1. The summed E-state index contributed by atoms with van der Waals surface area (Å²) in [6.07, 6.45) is 3.63. The lowest BCUT2D eigenvalue weighted by Crippen LogP contribution is -2.32. The minimum absolute atomic E-state index is 0.0147. The van der Waals surface area contributed by atoms with Crippen LogP contribution in [0.5, 0.6) is 5.75 Å². The van der Waals surface area contributed by atoms with Gasteiger partial charge < -0.3 is 4.74 Å². The summed E-state index contributed by atoms with van der Waals surface area (Å²) in [5.41, 5.74) is 1.89. The Kier molecular flexibility index (Phi) is 5.82. The van der Waals surface area contributed by atoms with Crippen molar-refractivity contribution in [2.75, 3.05) is 24.3 Å². The number of para-hydroxylation sites is 1. The molecule has 2 aromatic heterocycles. The molecule has 4 rings (SSSR count). The highest BCUT2D eigenvalue weighted by atomic mass is 32.2. The third-order valence-corrected chi connectivity index (χ3v) is 6.42. The van der Waals surface area contributed by atoms with Crippen molar-refractivity contribution in [3.63, 3.8) is 0 Å². The number of amides is 1. The van der Waals surface area contributed by atoms with Crippen LogP contribution >= 0.6 is 23.1 Å². The lowest BCUT2D eigenvalue weighted by atomic mass is 10.3. The molecule has 6 nitrogen and oxygen atoms in total. The Morgan fingerprint density at radius 1 is 1.21 bits per heavy atom. The van der Waals surface area contributed by atoms with Crippen LogP contribution in [0.25, 0.3) is 15.9 Å². The zero-order valence-electron chi connectivity index (χ0n) is 16.1. The van der Waals surface area contributed by atoms with Crippen molar-refractivity contribution in [3.8, 4) is 11.4 Å². The van der Waals surface area contributed by atoms with Crippen molar-refractivity contribution in [2.45, 2.75) is 12.1 Å². The molecule has 29 heavy (non-hydrogen) atoms. The number of thioether (sulfide) groups is 1. The lowest BCUT2D eigenvalue weighted by Gasteiger charge is -2.17. The predicted molar refractivity (Wildman–Crippen MR) is 118 cm³/mol. The highest BCUT2D eigenvalue weighted by Crippen LogP contribution is 2.29. The first kappa shape index (κ1) is 19.5. The third-order valence-electron chi connectivity index (χ3n) is 4.41. The van der Waals surface area contributed by atoms with Crippen molar-refractivity contribution in [2.24, 2.45) is 0 Å². The van der Waals surface area contributed by atoms with Crippen molar-refractivity contribution in [1.29, 1.82) is 0 Å². The molecule has 0 aliphatic heterocycles. The molecule has 0 spiro atoms. The van der Waals surface area contributed by atoms with Gasteiger partial charge in [0.25, 0.3) is 0 Å². The Balaban J connectivity index is 1.48. The zero-order chi connectivity index (χ0) is 20.2. The molecule has 0 saturated carbocycles. The van der Waals surface area contributed by atoms with Crippen LogP contribution in [0.3, 0.4) is 0 Å². The second-order valence-corrected chi connectivity index (χ2v) is 8.12. The molecule has 0 aliphatic rings. The summed E-state index contributed by atoms with van der Waals surface area (Å²) in [7, 11) is 1.64. The lowest BCUT2D eigenvalue weighted by molar-refractivity contribution is -0.116. The molecule has 0 unspecified atom stereocenters. The summed E-state index contributed by atoms with van der Waals surface area (Å²) in [6.45, 7) is 2.54. The van der Waals surface area contributed by atoms with E-state index in [0.29, 0.717) is 6.54 Å². The van der Waals surface area contributed by atoms with Gasteiger partial charge in [0.15, 0.2) is 10.3 Å². The van der Waals surface area contributed by atoms with E-state index >= 15 is 0 Å². The van der Waals surface area contributed by atoms with Crippen LogP contribution in [0.2, 0.25) is 0 Å². The molecule has 4 aromatic rings. The number of anilines is 1. The molecule has 0 N–H and O–H groups in total. The minimum Gasteiger partial charge on any atom is -0.497 e. The van der Waals surface area contributed by atoms with E-state index in [1.807, 2.05) is 66.2 Å². The van der Waals surface area contributed by atoms with E-state index in [1.165, 1.54) is 23.1 Å². The molecule has 0 bridgehead atoms. The van der Waals surface area contributed by atoms with E-state index in [1.54, 1.807) is 18.2 Å². The number of fused-ring (bicyclic) bond motifs is 1. The minimum atomic E-state index is 0.0147. The first-order valence-electron chi connectivity index (χ1n) is 9.16. The number of benzene rings is 2. The van der Waals surface area contributed by atoms with Crippen LogP contribution in [0.4, 0.5) is 5.13 Å². The number of carbonyl (C=O) groups is 1. The number of hydrogen-bond donors (Lipinski definition) is 0. The van der Waals surface area contributed by atoms with E-state index in [-0.39, 0.29) is 11.7 Å². The molecule has 8 heteroatoms. The van der Waals surface area contributed by atoms with Crippen LogP contribution < -0.4 is 9.64 Å². The molecule has 0 radical (unpaired) electrons. The maximum absolute atomic E-state index is 12.9. The Labute approximate surface area is 177 Å². The van der Waals surface area contributed by atoms with Crippen LogP contribution in [-0.4, -0.2) is 39.8 Å². The molecular formula is C21H20N4O2S2. The van der Waals surface area contributed by atoms with Crippen LogP contribution in [0.1, 0.15) is 6.92 Å². The highest BCUT2D eigenvalue weighted by Gasteiger charge is 2.19. The third kappa shape index (κ3) is 4.13. The summed E-state index contributed by atoms with van der Waals surface area (Å²) >= 11 is 2.96. The van der Waals surface area contributed by atoms with Crippen molar-refractivity contribution < 1.29 is 9.53 Å². The molecule has 2 aromatic carbocycles. The van der Waals surface area contributed by atoms with Gasteiger partial charge in [-0.2, -0.15) is 0 Å². The Morgan fingerprint density at radius 3 is 2.72 bits per heavy atom. The monoisotopic (exact) mass is 424 g/mol. The standard InChI is InChI=1S/C21H20N4O2S2/c1-3-24(21-23-17-6-4-5-7-18(17)29-21)19(26)14-28-20-22-12-13-25(20)15-8-10-16(27-2)11-9-15/h4-13H,3,14H2,1-2H3. The molecule has 2 heterocycles. The number of rotatable bonds is 7. The van der Waals surface area contributed by atoms with Crippen molar-refractivity contribution in [3.05, 3.63) is 60.9 Å². The fraction of sp³-hybridized carbons (Fsp3) is 0.190. The van der Waals surface area contributed by atoms with Gasteiger partial charge in [-0.1, -0.05) is 35.2 Å². The number of methoxy groups -OCH3 is 1. The van der Waals surface area contributed by atoms with Crippen molar-refractivity contribution >= 4 is 44.4 Å². The van der Waals surface area contributed by atoms with Gasteiger partial charge in [0, 0.05) is 24.6 Å². The van der Waals surface area contributed by atoms with Gasteiger partial charge in [0.05, 0.1) is 23.1 Å². The van der Waals surface area contributed by atoms with Gasteiger partial charge >= 0.3 is 0 Å². The SMILES string of the molecule is CCN(C(=O)CSc1nccn1-c1ccc(OC)cc1)c1nc2ccccc2s1. The molecule has 0 aliphatic carbocycles. The van der Waals surface area contributed by atoms with Gasteiger partial charge in [0.2, 0.25) is 5.91 Å². The number of imidazole rings is 1. The largest absolute Gasteiger partial charge is 0.497 e. The molecule has 148 valence electrons. The first-order chi connectivity index (χ1) is 14.2. The van der Waals surface area contributed by atoms with Gasteiger partial charge in [-0.3, -0.25) is 14.3 Å². The normalized spacial score (nSPS) is 11.0. The van der Waals surface area contributed by atoms with Crippen LogP contribution in [0, 0.1) is 0 Å². The van der Waals surface area contributed by atoms with E-state index in [2.05, 4.69) is 9.97 Å². The number of thiazole rings is 1. The fourth-order valence-corrected chi connectivity index (χ4v) is 4.83. The first-order valence-corrected chi connectivity index (χ1v) is 11.0. The molecule has 1 amide bonds. The average Bonchev–Trinajstić information content (AvgIpc) is 3.39. The van der Waals surface area contributed by atoms with E-state index in [0.717, 1.165) is 31.9 Å². The highest BCUT2D eigenvalue weighted by molar-refractivity contribution is 7.99. The van der Waals surface area contributed by atoms with Crippen molar-refractivity contribution in [1.82, 2.24) is 14.5 Å². The average molecular weight is 425 g/mol. The quantitative estimate of drug-likeness (QED) is 0.405. The second-order valence-electron chi connectivity index (χ2n) is 6.17. The maximum atomic E-state index is 12.9.